The van der Waals surface area contributed by atoms with E-state index in [1.165, 1.54) is 5.56 Å². The summed E-state index contributed by atoms with van der Waals surface area (Å²) >= 11 is 0. The molecule has 1 fully saturated rings. The molecule has 4 nitrogen and oxygen atoms in total. The Labute approximate surface area is 127 Å². The molecule has 21 heavy (non-hydrogen) atoms. The normalized spacial score (nSPS) is 19.9. The van der Waals surface area contributed by atoms with Gasteiger partial charge in [0, 0.05) is 25.6 Å². The van der Waals surface area contributed by atoms with Crippen molar-refractivity contribution in [1.82, 2.24) is 10.2 Å². The van der Waals surface area contributed by atoms with Crippen molar-refractivity contribution >= 4 is 5.91 Å². The lowest BCUT2D eigenvalue weighted by molar-refractivity contribution is -0.128. The van der Waals surface area contributed by atoms with E-state index >= 15 is 0 Å². The van der Waals surface area contributed by atoms with Crippen molar-refractivity contribution in [2.24, 2.45) is 5.92 Å². The Balaban J connectivity index is 2.01. The highest BCUT2D eigenvalue weighted by Gasteiger charge is 2.29. The lowest BCUT2D eigenvalue weighted by Gasteiger charge is -2.24. The van der Waals surface area contributed by atoms with Crippen LogP contribution in [0.5, 0.6) is 5.75 Å². The maximum absolute atomic E-state index is 12.0. The Morgan fingerprint density at radius 3 is 2.57 bits per heavy atom. The maximum Gasteiger partial charge on any atom is 0.222 e. The number of ether oxygens (including phenoxy) is 1. The first-order valence-electron chi connectivity index (χ1n) is 7.85. The molecule has 1 amide bonds. The summed E-state index contributed by atoms with van der Waals surface area (Å²) in [4.78, 5) is 14.0. The summed E-state index contributed by atoms with van der Waals surface area (Å²) in [7, 11) is 1.94. The van der Waals surface area contributed by atoms with Gasteiger partial charge in [0.05, 0.1) is 6.61 Å². The van der Waals surface area contributed by atoms with Crippen LogP contribution in [-0.4, -0.2) is 37.6 Å². The minimum atomic E-state index is 0.167. The first kappa shape index (κ1) is 15.8. The van der Waals surface area contributed by atoms with Gasteiger partial charge in [-0.05, 0) is 37.6 Å². The third-order valence-electron chi connectivity index (χ3n) is 4.22. The molecule has 0 radical (unpaired) electrons. The fraction of sp³-hybridized carbons (Fsp3) is 0.588. The third-order valence-corrected chi connectivity index (χ3v) is 4.22. The predicted octanol–water partition coefficient (Wildman–Crippen LogP) is 2.60. The molecule has 1 aliphatic heterocycles. The number of hydrogen-bond donors (Lipinski definition) is 1. The van der Waals surface area contributed by atoms with Crippen LogP contribution < -0.4 is 10.1 Å². The van der Waals surface area contributed by atoms with E-state index in [4.69, 9.17) is 4.74 Å². The van der Waals surface area contributed by atoms with Crippen LogP contribution in [-0.2, 0) is 4.79 Å². The van der Waals surface area contributed by atoms with E-state index < -0.39 is 0 Å². The molecule has 0 bridgehead atoms. The molecule has 0 aromatic heterocycles. The minimum Gasteiger partial charge on any atom is -0.494 e. The van der Waals surface area contributed by atoms with Crippen molar-refractivity contribution in [3.8, 4) is 5.75 Å². The summed E-state index contributed by atoms with van der Waals surface area (Å²) in [6, 6.07) is 8.29. The SMILES string of the molecule is CCOc1ccc(C(CN2CC(CC)CC2=O)NC)cc1. The zero-order valence-electron chi connectivity index (χ0n) is 13.3. The largest absolute Gasteiger partial charge is 0.494 e. The van der Waals surface area contributed by atoms with Crippen LogP contribution in [0.3, 0.4) is 0 Å². The first-order valence-corrected chi connectivity index (χ1v) is 7.85. The second-order valence-electron chi connectivity index (χ2n) is 5.62. The van der Waals surface area contributed by atoms with Crippen LogP contribution >= 0.6 is 0 Å². The van der Waals surface area contributed by atoms with E-state index in [1.54, 1.807) is 0 Å². The van der Waals surface area contributed by atoms with Gasteiger partial charge < -0.3 is 15.0 Å². The van der Waals surface area contributed by atoms with Gasteiger partial charge in [0.1, 0.15) is 5.75 Å². The summed E-state index contributed by atoms with van der Waals surface area (Å²) < 4.78 is 5.47. The van der Waals surface area contributed by atoms with Crippen molar-refractivity contribution in [3.05, 3.63) is 29.8 Å². The van der Waals surface area contributed by atoms with Gasteiger partial charge in [0.2, 0.25) is 5.91 Å². The van der Waals surface area contributed by atoms with Crippen LogP contribution in [0, 0.1) is 5.92 Å². The Morgan fingerprint density at radius 1 is 1.33 bits per heavy atom. The van der Waals surface area contributed by atoms with Crippen LogP contribution in [0.2, 0.25) is 0 Å². The Morgan fingerprint density at radius 2 is 2.05 bits per heavy atom. The van der Waals surface area contributed by atoms with E-state index in [9.17, 15) is 4.79 Å². The highest BCUT2D eigenvalue weighted by atomic mass is 16.5. The summed E-state index contributed by atoms with van der Waals surface area (Å²) in [5, 5.41) is 3.32. The predicted molar refractivity (Wildman–Crippen MR) is 84.4 cm³/mol. The Bertz CT molecular complexity index is 458. The molecule has 2 unspecified atom stereocenters. The monoisotopic (exact) mass is 290 g/mol. The molecular formula is C17H26N2O2. The average Bonchev–Trinajstić information content (AvgIpc) is 2.86. The summed E-state index contributed by atoms with van der Waals surface area (Å²) in [5.41, 5.74) is 1.19. The number of carbonyl (C=O) groups is 1. The van der Waals surface area contributed by atoms with Crippen LogP contribution in [0.25, 0.3) is 0 Å². The third kappa shape index (κ3) is 3.97. The van der Waals surface area contributed by atoms with Gasteiger partial charge in [-0.3, -0.25) is 4.79 Å². The quantitative estimate of drug-likeness (QED) is 0.839. The number of nitrogens with zero attached hydrogens (tertiary/aromatic N) is 1. The smallest absolute Gasteiger partial charge is 0.222 e. The number of nitrogens with one attached hydrogen (secondary N) is 1. The van der Waals surface area contributed by atoms with Crippen LogP contribution in [0.4, 0.5) is 0 Å². The standard InChI is InChI=1S/C17H26N2O2/c1-4-13-10-17(20)19(11-13)12-16(18-3)14-6-8-15(9-7-14)21-5-2/h6-9,13,16,18H,4-5,10-12H2,1-3H3. The Kier molecular flexibility index (Phi) is 5.62. The van der Waals surface area contributed by atoms with E-state index in [0.717, 1.165) is 25.3 Å². The minimum absolute atomic E-state index is 0.167. The number of carbonyl (C=O) groups excluding carboxylic acids is 1. The number of amides is 1. The van der Waals surface area contributed by atoms with E-state index in [1.807, 2.05) is 31.0 Å². The molecular weight excluding hydrogens is 264 g/mol. The molecule has 1 N–H and O–H groups in total. The second kappa shape index (κ2) is 7.46. The van der Waals surface area contributed by atoms with Crippen molar-refractivity contribution < 1.29 is 9.53 Å². The zero-order chi connectivity index (χ0) is 15.2. The molecule has 0 spiro atoms. The van der Waals surface area contributed by atoms with Gasteiger partial charge in [-0.25, -0.2) is 0 Å². The topological polar surface area (TPSA) is 41.6 Å². The van der Waals surface area contributed by atoms with E-state index in [-0.39, 0.29) is 11.9 Å². The van der Waals surface area contributed by atoms with Crippen molar-refractivity contribution in [3.63, 3.8) is 0 Å². The summed E-state index contributed by atoms with van der Waals surface area (Å²) in [5.74, 6) is 1.70. The van der Waals surface area contributed by atoms with Crippen molar-refractivity contribution in [2.75, 3.05) is 26.7 Å². The Hall–Kier alpha value is -1.55. The van der Waals surface area contributed by atoms with Gasteiger partial charge in [-0.2, -0.15) is 0 Å². The number of likely N-dealkylation sites (tertiary alicyclic amines) is 1. The average molecular weight is 290 g/mol. The molecule has 0 aliphatic carbocycles. The van der Waals surface area contributed by atoms with Crippen molar-refractivity contribution in [2.45, 2.75) is 32.7 Å². The molecule has 4 heteroatoms. The molecule has 1 saturated heterocycles. The van der Waals surface area contributed by atoms with Gasteiger partial charge in [-0.15, -0.1) is 0 Å². The second-order valence-corrected chi connectivity index (χ2v) is 5.62. The maximum atomic E-state index is 12.0. The molecule has 116 valence electrons. The zero-order valence-corrected chi connectivity index (χ0v) is 13.3. The molecule has 2 rings (SSSR count). The van der Waals surface area contributed by atoms with Crippen LogP contribution in [0.1, 0.15) is 38.3 Å². The lowest BCUT2D eigenvalue weighted by atomic mass is 10.1. The van der Waals surface area contributed by atoms with Gasteiger partial charge in [0.15, 0.2) is 0 Å². The van der Waals surface area contributed by atoms with Gasteiger partial charge >= 0.3 is 0 Å². The van der Waals surface area contributed by atoms with Crippen LogP contribution in [0.15, 0.2) is 24.3 Å². The van der Waals surface area contributed by atoms with Gasteiger partial charge in [-0.1, -0.05) is 25.5 Å². The highest BCUT2D eigenvalue weighted by Crippen LogP contribution is 2.24. The van der Waals surface area contributed by atoms with E-state index in [0.29, 0.717) is 18.9 Å². The fourth-order valence-corrected chi connectivity index (χ4v) is 2.85. The molecule has 2 atom stereocenters. The molecule has 1 aliphatic rings. The molecule has 1 heterocycles. The molecule has 0 saturated carbocycles. The first-order chi connectivity index (χ1) is 10.2. The number of hydrogen-bond acceptors (Lipinski definition) is 3. The molecule has 1 aromatic rings. The summed E-state index contributed by atoms with van der Waals surface area (Å²) in [6.07, 6.45) is 1.78. The highest BCUT2D eigenvalue weighted by molar-refractivity contribution is 5.78. The lowest BCUT2D eigenvalue weighted by Crippen LogP contribution is -2.34. The molecule has 1 aromatic carbocycles. The number of benzene rings is 1. The van der Waals surface area contributed by atoms with Gasteiger partial charge in [0.25, 0.3) is 0 Å². The van der Waals surface area contributed by atoms with Crippen molar-refractivity contribution in [1.29, 1.82) is 0 Å². The number of likely N-dealkylation sites (N-methyl/N-ethyl adjacent to an activating group) is 1. The summed E-state index contributed by atoms with van der Waals surface area (Å²) in [6.45, 7) is 6.44. The van der Waals surface area contributed by atoms with E-state index in [2.05, 4.69) is 24.4 Å². The number of rotatable bonds is 7. The fourth-order valence-electron chi connectivity index (χ4n) is 2.85.